The van der Waals surface area contributed by atoms with Gasteiger partial charge in [-0.05, 0) is 12.1 Å². The van der Waals surface area contributed by atoms with Crippen LogP contribution in [0.25, 0.3) is 11.0 Å². The van der Waals surface area contributed by atoms with Crippen LogP contribution >= 0.6 is 0 Å². The van der Waals surface area contributed by atoms with Gasteiger partial charge in [-0.15, -0.1) is 0 Å². The van der Waals surface area contributed by atoms with E-state index in [4.69, 9.17) is 0 Å². The molecule has 2 aromatic rings. The molecule has 1 atom stereocenters. The summed E-state index contributed by atoms with van der Waals surface area (Å²) in [5.74, 6) is -1.04. The van der Waals surface area contributed by atoms with Crippen LogP contribution in [0.1, 0.15) is 10.4 Å². The molecule has 2 N–H and O–H groups in total. The van der Waals surface area contributed by atoms with Crippen LogP contribution < -0.4 is 11.1 Å². The van der Waals surface area contributed by atoms with Crippen molar-refractivity contribution in [2.75, 3.05) is 12.0 Å². The molecule has 0 aliphatic rings. The predicted octanol–water partition coefficient (Wildman–Crippen LogP) is -0.234. The van der Waals surface area contributed by atoms with E-state index >= 15 is 0 Å². The zero-order chi connectivity index (χ0) is 14.9. The van der Waals surface area contributed by atoms with Gasteiger partial charge in [0, 0.05) is 29.4 Å². The standard InChI is InChI=1S/C12H12N2O5S/c1-20(19)6-5-14-9-7(12(17)18)3-2-4-8(9)13-10(15)11(14)16/h2-4H,5-6H2,1H3,(H,13,15)(H,17,18). The molecular formula is C12H12N2O5S. The van der Waals surface area contributed by atoms with E-state index in [1.54, 1.807) is 0 Å². The van der Waals surface area contributed by atoms with Crippen molar-refractivity contribution in [2.24, 2.45) is 0 Å². The minimum atomic E-state index is -1.20. The number of benzene rings is 1. The number of rotatable bonds is 4. The predicted molar refractivity (Wildman–Crippen MR) is 74.7 cm³/mol. The van der Waals surface area contributed by atoms with Crippen LogP contribution in [-0.4, -0.2) is 36.8 Å². The average Bonchev–Trinajstić information content (AvgIpc) is 2.38. The van der Waals surface area contributed by atoms with E-state index < -0.39 is 27.9 Å². The van der Waals surface area contributed by atoms with Gasteiger partial charge in [-0.3, -0.25) is 13.8 Å². The highest BCUT2D eigenvalue weighted by Gasteiger charge is 2.15. The quantitative estimate of drug-likeness (QED) is 0.757. The second kappa shape index (κ2) is 5.41. The molecule has 1 aromatic heterocycles. The Labute approximate surface area is 115 Å². The molecule has 0 radical (unpaired) electrons. The summed E-state index contributed by atoms with van der Waals surface area (Å²) in [6.45, 7) is 0.0205. The lowest BCUT2D eigenvalue weighted by Crippen LogP contribution is -2.37. The van der Waals surface area contributed by atoms with E-state index in [2.05, 4.69) is 4.98 Å². The third-order valence-electron chi connectivity index (χ3n) is 2.83. The monoisotopic (exact) mass is 296 g/mol. The smallest absolute Gasteiger partial charge is 0.337 e. The van der Waals surface area contributed by atoms with Crippen molar-refractivity contribution in [3.8, 4) is 0 Å². The van der Waals surface area contributed by atoms with Crippen molar-refractivity contribution < 1.29 is 14.1 Å². The van der Waals surface area contributed by atoms with Crippen LogP contribution in [0.3, 0.4) is 0 Å². The number of hydrogen-bond donors (Lipinski definition) is 2. The Morgan fingerprint density at radius 2 is 2.10 bits per heavy atom. The van der Waals surface area contributed by atoms with Crippen molar-refractivity contribution >= 4 is 27.8 Å². The van der Waals surface area contributed by atoms with Crippen LogP contribution in [0.4, 0.5) is 0 Å². The lowest BCUT2D eigenvalue weighted by Gasteiger charge is -2.10. The molecule has 106 valence electrons. The Balaban J connectivity index is 2.83. The van der Waals surface area contributed by atoms with E-state index in [0.717, 1.165) is 4.57 Å². The van der Waals surface area contributed by atoms with Crippen LogP contribution in [-0.2, 0) is 17.3 Å². The molecule has 2 rings (SSSR count). The summed E-state index contributed by atoms with van der Waals surface area (Å²) in [5.41, 5.74) is -1.37. The summed E-state index contributed by atoms with van der Waals surface area (Å²) in [4.78, 5) is 37.1. The van der Waals surface area contributed by atoms with E-state index in [0.29, 0.717) is 0 Å². The molecule has 1 unspecified atom stereocenters. The number of aromatic carboxylic acids is 1. The number of aryl methyl sites for hydroxylation is 1. The minimum Gasteiger partial charge on any atom is -0.478 e. The van der Waals surface area contributed by atoms with Gasteiger partial charge in [0.15, 0.2) is 0 Å². The summed E-state index contributed by atoms with van der Waals surface area (Å²) in [6.07, 6.45) is 1.47. The van der Waals surface area contributed by atoms with Gasteiger partial charge in [-0.2, -0.15) is 0 Å². The molecule has 0 saturated carbocycles. The van der Waals surface area contributed by atoms with E-state index in [1.807, 2.05) is 0 Å². The number of carboxylic acid groups (broad SMARTS) is 1. The van der Waals surface area contributed by atoms with E-state index in [-0.39, 0.29) is 28.9 Å². The summed E-state index contributed by atoms with van der Waals surface area (Å²) in [7, 11) is -1.16. The molecule has 0 bridgehead atoms. The van der Waals surface area contributed by atoms with Crippen molar-refractivity contribution in [3.05, 3.63) is 44.5 Å². The molecule has 0 aliphatic heterocycles. The number of fused-ring (bicyclic) bond motifs is 1. The molecule has 0 fully saturated rings. The van der Waals surface area contributed by atoms with Gasteiger partial charge in [0.25, 0.3) is 0 Å². The number of aromatic amines is 1. The van der Waals surface area contributed by atoms with Crippen molar-refractivity contribution in [1.82, 2.24) is 9.55 Å². The Kier molecular flexibility index (Phi) is 3.84. The van der Waals surface area contributed by atoms with Gasteiger partial charge in [0.1, 0.15) is 0 Å². The Bertz CT molecular complexity index is 821. The molecule has 1 heterocycles. The summed E-state index contributed by atoms with van der Waals surface area (Å²) in [6, 6.07) is 4.35. The van der Waals surface area contributed by atoms with Gasteiger partial charge < -0.3 is 14.7 Å². The number of nitrogens with one attached hydrogen (secondary N) is 1. The number of carbonyl (C=O) groups is 1. The number of H-pyrrole nitrogens is 1. The highest BCUT2D eigenvalue weighted by molar-refractivity contribution is 7.84. The molecule has 0 spiro atoms. The van der Waals surface area contributed by atoms with Gasteiger partial charge in [-0.1, -0.05) is 6.07 Å². The lowest BCUT2D eigenvalue weighted by atomic mass is 10.1. The Hall–Kier alpha value is -2.22. The third kappa shape index (κ3) is 2.55. The summed E-state index contributed by atoms with van der Waals surface area (Å²) in [5, 5.41) is 9.18. The van der Waals surface area contributed by atoms with Crippen LogP contribution in [0.15, 0.2) is 27.8 Å². The lowest BCUT2D eigenvalue weighted by molar-refractivity contribution is 0.0698. The van der Waals surface area contributed by atoms with Crippen LogP contribution in [0, 0.1) is 0 Å². The topological polar surface area (TPSA) is 109 Å². The first-order valence-electron chi connectivity index (χ1n) is 5.71. The molecule has 8 heteroatoms. The maximum Gasteiger partial charge on any atom is 0.337 e. The second-order valence-corrected chi connectivity index (χ2v) is 5.75. The number of hydrogen-bond acceptors (Lipinski definition) is 4. The maximum atomic E-state index is 11.9. The Morgan fingerprint density at radius 3 is 2.70 bits per heavy atom. The zero-order valence-electron chi connectivity index (χ0n) is 10.6. The summed E-state index contributed by atoms with van der Waals surface area (Å²) < 4.78 is 12.2. The van der Waals surface area contributed by atoms with Gasteiger partial charge in [0.05, 0.1) is 16.6 Å². The van der Waals surface area contributed by atoms with E-state index in [9.17, 15) is 23.7 Å². The summed E-state index contributed by atoms with van der Waals surface area (Å²) >= 11 is 0. The first-order chi connectivity index (χ1) is 9.41. The van der Waals surface area contributed by atoms with Crippen LogP contribution in [0.5, 0.6) is 0 Å². The van der Waals surface area contributed by atoms with Gasteiger partial charge in [0.2, 0.25) is 0 Å². The molecular weight excluding hydrogens is 284 g/mol. The molecule has 0 saturated heterocycles. The fourth-order valence-corrected chi connectivity index (χ4v) is 2.38. The minimum absolute atomic E-state index is 0.0205. The zero-order valence-corrected chi connectivity index (χ0v) is 11.4. The van der Waals surface area contributed by atoms with E-state index in [1.165, 1.54) is 24.5 Å². The molecule has 7 nitrogen and oxygen atoms in total. The molecule has 20 heavy (non-hydrogen) atoms. The second-order valence-electron chi connectivity index (χ2n) is 4.20. The van der Waals surface area contributed by atoms with Crippen molar-refractivity contribution in [2.45, 2.75) is 6.54 Å². The van der Waals surface area contributed by atoms with Crippen molar-refractivity contribution in [3.63, 3.8) is 0 Å². The average molecular weight is 296 g/mol. The third-order valence-corrected chi connectivity index (χ3v) is 3.58. The van der Waals surface area contributed by atoms with Crippen LogP contribution in [0.2, 0.25) is 0 Å². The number of para-hydroxylation sites is 1. The first-order valence-corrected chi connectivity index (χ1v) is 7.43. The largest absolute Gasteiger partial charge is 0.478 e. The highest BCUT2D eigenvalue weighted by atomic mass is 32.2. The fourth-order valence-electron chi connectivity index (χ4n) is 1.94. The maximum absolute atomic E-state index is 11.9. The van der Waals surface area contributed by atoms with Crippen molar-refractivity contribution in [1.29, 1.82) is 0 Å². The van der Waals surface area contributed by atoms with Gasteiger partial charge >= 0.3 is 17.1 Å². The fraction of sp³-hybridized carbons (Fsp3) is 0.250. The molecule has 0 amide bonds. The molecule has 0 aliphatic carbocycles. The first kappa shape index (κ1) is 14.2. The highest BCUT2D eigenvalue weighted by Crippen LogP contribution is 2.14. The number of carboxylic acids is 1. The Morgan fingerprint density at radius 1 is 1.40 bits per heavy atom. The van der Waals surface area contributed by atoms with Gasteiger partial charge in [-0.25, -0.2) is 4.79 Å². The normalized spacial score (nSPS) is 12.4. The number of nitrogens with zero attached hydrogens (tertiary/aromatic N) is 1. The number of aromatic nitrogens is 2. The SMILES string of the molecule is CS(=O)CCn1c(=O)c(=O)[nH]c2cccc(C(=O)O)c21. The molecule has 1 aromatic carbocycles.